The maximum absolute atomic E-state index is 11.1. The molecular formula is C11H14N2O2S. The van der Waals surface area contributed by atoms with Crippen LogP contribution in [0.1, 0.15) is 40.6 Å². The van der Waals surface area contributed by atoms with Crippen molar-refractivity contribution in [3.8, 4) is 0 Å². The smallest absolute Gasteiger partial charge is 0.356 e. The molecule has 0 atom stereocenters. The first kappa shape index (κ1) is 10.2. The minimum absolute atomic E-state index is 0.298. The summed E-state index contributed by atoms with van der Waals surface area (Å²) in [5.74, 6) is 1.28. The maximum Gasteiger partial charge on any atom is 0.356 e. The molecule has 1 aliphatic heterocycles. The number of carboxylic acid groups (broad SMARTS) is 1. The molecule has 1 saturated heterocycles. The lowest BCUT2D eigenvalue weighted by Gasteiger charge is -2.28. The highest BCUT2D eigenvalue weighted by atomic mass is 32.2. The van der Waals surface area contributed by atoms with Crippen molar-refractivity contribution >= 4 is 17.7 Å². The standard InChI is InChI=1S/C11H14N2O2S/c14-11(15)10-8-3-1-2-4-9(8)13(12-10)7-5-16-6-7/h7H,1-6H2,(H,14,15). The molecule has 0 unspecified atom stereocenters. The third kappa shape index (κ3) is 1.45. The number of aromatic carboxylic acids is 1. The van der Waals surface area contributed by atoms with E-state index in [1.165, 1.54) is 5.69 Å². The summed E-state index contributed by atoms with van der Waals surface area (Å²) in [7, 11) is 0. The van der Waals surface area contributed by atoms with E-state index in [1.54, 1.807) is 0 Å². The van der Waals surface area contributed by atoms with Crippen molar-refractivity contribution in [1.29, 1.82) is 0 Å². The van der Waals surface area contributed by atoms with Crippen LogP contribution in [0.25, 0.3) is 0 Å². The van der Waals surface area contributed by atoms with Crippen LogP contribution in [0, 0.1) is 0 Å². The van der Waals surface area contributed by atoms with Gasteiger partial charge >= 0.3 is 5.97 Å². The number of hydrogen-bond donors (Lipinski definition) is 1. The third-order valence-corrected chi connectivity index (χ3v) is 4.62. The van der Waals surface area contributed by atoms with Gasteiger partial charge in [-0.15, -0.1) is 0 Å². The highest BCUT2D eigenvalue weighted by Crippen LogP contribution is 2.34. The summed E-state index contributed by atoms with van der Waals surface area (Å²) in [4.78, 5) is 11.1. The minimum Gasteiger partial charge on any atom is -0.476 e. The Balaban J connectivity index is 2.07. The van der Waals surface area contributed by atoms with Crippen LogP contribution < -0.4 is 0 Å². The zero-order valence-electron chi connectivity index (χ0n) is 8.98. The number of nitrogens with zero attached hydrogens (tertiary/aromatic N) is 2. The molecule has 1 aromatic rings. The van der Waals surface area contributed by atoms with Crippen LogP contribution in [0.5, 0.6) is 0 Å². The fourth-order valence-electron chi connectivity index (χ4n) is 2.46. The average Bonchev–Trinajstić information content (AvgIpc) is 2.56. The van der Waals surface area contributed by atoms with Crippen LogP contribution in [-0.4, -0.2) is 32.4 Å². The Bertz CT molecular complexity index is 437. The molecule has 1 fully saturated rings. The van der Waals surface area contributed by atoms with Crippen molar-refractivity contribution in [3.63, 3.8) is 0 Å². The molecule has 4 nitrogen and oxygen atoms in total. The molecular weight excluding hydrogens is 224 g/mol. The second-order valence-corrected chi connectivity index (χ2v) is 5.50. The highest BCUT2D eigenvalue weighted by Gasteiger charge is 2.30. The molecule has 0 saturated carbocycles. The number of carboxylic acids is 1. The molecule has 16 heavy (non-hydrogen) atoms. The molecule has 1 aromatic heterocycles. The van der Waals surface area contributed by atoms with E-state index < -0.39 is 5.97 Å². The van der Waals surface area contributed by atoms with Gasteiger partial charge in [-0.2, -0.15) is 16.9 Å². The molecule has 3 rings (SSSR count). The Hall–Kier alpha value is -0.970. The third-order valence-electron chi connectivity index (χ3n) is 3.38. The number of fused-ring (bicyclic) bond motifs is 1. The van der Waals surface area contributed by atoms with Gasteiger partial charge in [-0.05, 0) is 25.7 Å². The van der Waals surface area contributed by atoms with Crippen LogP contribution >= 0.6 is 11.8 Å². The largest absolute Gasteiger partial charge is 0.476 e. The van der Waals surface area contributed by atoms with Crippen molar-refractivity contribution in [2.75, 3.05) is 11.5 Å². The molecule has 1 aliphatic carbocycles. The van der Waals surface area contributed by atoms with E-state index in [-0.39, 0.29) is 0 Å². The van der Waals surface area contributed by atoms with Crippen LogP contribution in [0.15, 0.2) is 0 Å². The zero-order chi connectivity index (χ0) is 11.1. The molecule has 2 aliphatic rings. The lowest BCUT2D eigenvalue weighted by atomic mass is 9.95. The van der Waals surface area contributed by atoms with E-state index in [9.17, 15) is 4.79 Å². The summed E-state index contributed by atoms with van der Waals surface area (Å²) in [6.45, 7) is 0. The van der Waals surface area contributed by atoms with Crippen molar-refractivity contribution in [1.82, 2.24) is 9.78 Å². The molecule has 0 bridgehead atoms. The van der Waals surface area contributed by atoms with Gasteiger partial charge in [0.25, 0.3) is 0 Å². The molecule has 0 aromatic carbocycles. The summed E-state index contributed by atoms with van der Waals surface area (Å²) in [5, 5.41) is 13.5. The van der Waals surface area contributed by atoms with E-state index in [1.807, 2.05) is 16.4 Å². The number of rotatable bonds is 2. The maximum atomic E-state index is 11.1. The molecule has 5 heteroatoms. The summed E-state index contributed by atoms with van der Waals surface area (Å²) in [6, 6.07) is 0.435. The van der Waals surface area contributed by atoms with Gasteiger partial charge in [-0.1, -0.05) is 0 Å². The van der Waals surface area contributed by atoms with Gasteiger partial charge in [0, 0.05) is 22.8 Å². The number of thioether (sulfide) groups is 1. The summed E-state index contributed by atoms with van der Waals surface area (Å²) < 4.78 is 1.99. The van der Waals surface area contributed by atoms with Gasteiger partial charge in [0.05, 0.1) is 6.04 Å². The molecule has 1 N–H and O–H groups in total. The minimum atomic E-state index is -0.871. The average molecular weight is 238 g/mol. The van der Waals surface area contributed by atoms with Gasteiger partial charge in [-0.25, -0.2) is 4.79 Å². The van der Waals surface area contributed by atoms with Crippen LogP contribution in [0.3, 0.4) is 0 Å². The van der Waals surface area contributed by atoms with E-state index in [4.69, 9.17) is 5.11 Å². The Morgan fingerprint density at radius 3 is 2.75 bits per heavy atom. The van der Waals surface area contributed by atoms with E-state index in [0.29, 0.717) is 11.7 Å². The monoisotopic (exact) mass is 238 g/mol. The van der Waals surface area contributed by atoms with Crippen molar-refractivity contribution in [2.45, 2.75) is 31.7 Å². The van der Waals surface area contributed by atoms with Gasteiger partial charge in [-0.3, -0.25) is 4.68 Å². The Morgan fingerprint density at radius 2 is 2.12 bits per heavy atom. The second-order valence-electron chi connectivity index (χ2n) is 4.42. The van der Waals surface area contributed by atoms with Gasteiger partial charge in [0.15, 0.2) is 5.69 Å². The quantitative estimate of drug-likeness (QED) is 0.852. The Kier molecular flexibility index (Phi) is 2.42. The SMILES string of the molecule is O=C(O)c1nn(C2CSC2)c2c1CCCC2. The molecule has 0 amide bonds. The lowest BCUT2D eigenvalue weighted by Crippen LogP contribution is -2.26. The van der Waals surface area contributed by atoms with Crippen LogP contribution in [-0.2, 0) is 12.8 Å². The fraction of sp³-hybridized carbons (Fsp3) is 0.636. The first-order chi connectivity index (χ1) is 7.77. The van der Waals surface area contributed by atoms with Crippen molar-refractivity contribution < 1.29 is 9.90 Å². The molecule has 86 valence electrons. The first-order valence-electron chi connectivity index (χ1n) is 5.68. The van der Waals surface area contributed by atoms with Gasteiger partial charge < -0.3 is 5.11 Å². The van der Waals surface area contributed by atoms with Crippen molar-refractivity contribution in [3.05, 3.63) is 17.0 Å². The van der Waals surface area contributed by atoms with Crippen LogP contribution in [0.4, 0.5) is 0 Å². The van der Waals surface area contributed by atoms with E-state index >= 15 is 0 Å². The Morgan fingerprint density at radius 1 is 1.38 bits per heavy atom. The highest BCUT2D eigenvalue weighted by molar-refractivity contribution is 8.00. The predicted octanol–water partition coefficient (Wildman–Crippen LogP) is 1.75. The van der Waals surface area contributed by atoms with Crippen molar-refractivity contribution in [2.24, 2.45) is 0 Å². The topological polar surface area (TPSA) is 55.1 Å². The number of hydrogen-bond acceptors (Lipinski definition) is 3. The molecule has 0 spiro atoms. The van der Waals surface area contributed by atoms with E-state index in [0.717, 1.165) is 42.8 Å². The second kappa shape index (κ2) is 3.80. The number of carbonyl (C=O) groups is 1. The van der Waals surface area contributed by atoms with Crippen LogP contribution in [0.2, 0.25) is 0 Å². The zero-order valence-corrected chi connectivity index (χ0v) is 9.79. The first-order valence-corrected chi connectivity index (χ1v) is 6.84. The predicted molar refractivity (Wildman–Crippen MR) is 62.2 cm³/mol. The summed E-state index contributed by atoms with van der Waals surface area (Å²) >= 11 is 1.90. The summed E-state index contributed by atoms with van der Waals surface area (Å²) in [6.07, 6.45) is 4.14. The summed E-state index contributed by atoms with van der Waals surface area (Å²) in [5.41, 5.74) is 2.48. The Labute approximate surface area is 98.0 Å². The number of aromatic nitrogens is 2. The van der Waals surface area contributed by atoms with E-state index in [2.05, 4.69) is 5.10 Å². The molecule has 2 heterocycles. The normalized spacial score (nSPS) is 20.2. The molecule has 0 radical (unpaired) electrons. The van der Waals surface area contributed by atoms with Gasteiger partial charge in [0.2, 0.25) is 0 Å². The van der Waals surface area contributed by atoms with Gasteiger partial charge in [0.1, 0.15) is 0 Å². The lowest BCUT2D eigenvalue weighted by molar-refractivity contribution is 0.0688. The fourth-order valence-corrected chi connectivity index (χ4v) is 3.19.